The minimum absolute atomic E-state index is 0.00810. The molecule has 1 amide bonds. The fraction of sp³-hybridized carbons (Fsp3) is 0.318. The van der Waals surface area contributed by atoms with E-state index in [-0.39, 0.29) is 5.91 Å². The van der Waals surface area contributed by atoms with Gasteiger partial charge < -0.3 is 9.80 Å². The Bertz CT molecular complexity index is 1120. The van der Waals surface area contributed by atoms with Crippen LogP contribution in [0.1, 0.15) is 6.92 Å². The van der Waals surface area contributed by atoms with Gasteiger partial charge in [-0.25, -0.2) is 4.98 Å². The quantitative estimate of drug-likeness (QED) is 0.493. The van der Waals surface area contributed by atoms with Crippen LogP contribution in [0.2, 0.25) is 0 Å². The Morgan fingerprint density at radius 2 is 1.73 bits per heavy atom. The number of rotatable bonds is 4. The van der Waals surface area contributed by atoms with Gasteiger partial charge in [0.1, 0.15) is 5.82 Å². The Morgan fingerprint density at radius 1 is 1.07 bits per heavy atom. The molecular weight excluding hydrogens is 378 g/mol. The summed E-state index contributed by atoms with van der Waals surface area (Å²) in [5.74, 6) is 1.76. The highest BCUT2D eigenvalue weighted by molar-refractivity contribution is 6.04. The Balaban J connectivity index is 1.27. The number of fused-ring (bicyclic) bond motifs is 2. The van der Waals surface area contributed by atoms with Gasteiger partial charge in [-0.05, 0) is 19.1 Å². The number of anilines is 1. The highest BCUT2D eigenvalue weighted by Gasteiger charge is 2.42. The average molecular weight is 401 g/mol. The third-order valence-corrected chi connectivity index (χ3v) is 6.02. The molecule has 1 aromatic carbocycles. The molecule has 0 spiro atoms. The molecule has 2 aromatic heterocycles. The first-order valence-electron chi connectivity index (χ1n) is 10.1. The molecule has 8 nitrogen and oxygen atoms in total. The summed E-state index contributed by atoms with van der Waals surface area (Å²) < 4.78 is 0. The highest BCUT2D eigenvalue weighted by atomic mass is 16.2. The molecule has 8 heteroatoms. The van der Waals surface area contributed by atoms with Crippen LogP contribution in [-0.2, 0) is 4.79 Å². The molecule has 2 unspecified atom stereocenters. The van der Waals surface area contributed by atoms with E-state index in [0.717, 1.165) is 43.0 Å². The number of allylic oxidation sites excluding steroid dienone is 1. The molecular formula is C22H23N7O. The summed E-state index contributed by atoms with van der Waals surface area (Å²) in [6.45, 7) is 9.09. The lowest BCUT2D eigenvalue weighted by molar-refractivity contribution is -0.126. The number of likely N-dealkylation sites (tertiary alicyclic amines) is 1. The fourth-order valence-electron chi connectivity index (χ4n) is 4.49. The summed E-state index contributed by atoms with van der Waals surface area (Å²) in [5, 5.41) is 8.18. The third-order valence-electron chi connectivity index (χ3n) is 6.02. The van der Waals surface area contributed by atoms with E-state index >= 15 is 0 Å². The standard InChI is InChI=1S/C22H23N7O/c1-3-18(15(2)29-24-8-9-25-29)22(30)28-13-16-11-27(12-17(16)14-28)21-10-23-19-6-4-5-7-20(19)26-21/h3-10,16-17H,2,11-14H2,1H3/b18-3+. The number of hydrogen-bond donors (Lipinski definition) is 0. The van der Waals surface area contributed by atoms with E-state index < -0.39 is 0 Å². The summed E-state index contributed by atoms with van der Waals surface area (Å²) in [6, 6.07) is 7.91. The van der Waals surface area contributed by atoms with Gasteiger partial charge in [-0.15, -0.1) is 0 Å². The second-order valence-electron chi connectivity index (χ2n) is 7.82. The van der Waals surface area contributed by atoms with Crippen LogP contribution in [0.15, 0.2) is 61.1 Å². The van der Waals surface area contributed by atoms with E-state index in [9.17, 15) is 4.79 Å². The van der Waals surface area contributed by atoms with Crippen molar-refractivity contribution in [2.45, 2.75) is 6.92 Å². The monoisotopic (exact) mass is 401 g/mol. The smallest absolute Gasteiger partial charge is 0.255 e. The van der Waals surface area contributed by atoms with Crippen molar-refractivity contribution in [2.75, 3.05) is 31.1 Å². The topological polar surface area (TPSA) is 80.0 Å². The van der Waals surface area contributed by atoms with Crippen molar-refractivity contribution >= 4 is 28.5 Å². The van der Waals surface area contributed by atoms with E-state index in [0.29, 0.717) is 23.1 Å². The molecule has 0 bridgehead atoms. The molecule has 3 aromatic rings. The lowest BCUT2D eigenvalue weighted by atomic mass is 10.0. The molecule has 2 aliphatic heterocycles. The second-order valence-corrected chi connectivity index (χ2v) is 7.82. The van der Waals surface area contributed by atoms with E-state index in [4.69, 9.17) is 4.98 Å². The molecule has 0 saturated carbocycles. The van der Waals surface area contributed by atoms with Crippen LogP contribution in [0.4, 0.5) is 5.82 Å². The van der Waals surface area contributed by atoms with E-state index in [1.54, 1.807) is 18.5 Å². The molecule has 0 aliphatic carbocycles. The van der Waals surface area contributed by atoms with Gasteiger partial charge in [-0.2, -0.15) is 15.0 Å². The number of aromatic nitrogens is 5. The maximum atomic E-state index is 13.1. The predicted octanol–water partition coefficient (Wildman–Crippen LogP) is 2.23. The lowest BCUT2D eigenvalue weighted by Crippen LogP contribution is -2.35. The second kappa shape index (κ2) is 7.37. The predicted molar refractivity (Wildman–Crippen MR) is 114 cm³/mol. The zero-order valence-corrected chi connectivity index (χ0v) is 16.8. The number of carbonyl (C=O) groups excluding carboxylic acids is 1. The first-order valence-corrected chi connectivity index (χ1v) is 10.1. The Hall–Kier alpha value is -3.55. The molecule has 2 saturated heterocycles. The van der Waals surface area contributed by atoms with Gasteiger partial charge in [0.25, 0.3) is 5.91 Å². The summed E-state index contributed by atoms with van der Waals surface area (Å²) in [5.41, 5.74) is 2.86. The Kier molecular flexibility index (Phi) is 4.54. The number of carbonyl (C=O) groups is 1. The van der Waals surface area contributed by atoms with Gasteiger partial charge in [0.05, 0.1) is 40.9 Å². The van der Waals surface area contributed by atoms with Gasteiger partial charge >= 0.3 is 0 Å². The SMILES string of the molecule is C=C(/C(=C\C)C(=O)N1CC2CN(c3cnc4ccccc4n3)CC2C1)n1nccn1. The maximum Gasteiger partial charge on any atom is 0.255 e. The van der Waals surface area contributed by atoms with Crippen molar-refractivity contribution in [3.8, 4) is 0 Å². The molecule has 2 aliphatic rings. The zero-order valence-electron chi connectivity index (χ0n) is 16.8. The Morgan fingerprint density at radius 3 is 2.40 bits per heavy atom. The number of nitrogens with zero attached hydrogens (tertiary/aromatic N) is 7. The first kappa shape index (κ1) is 18.5. The van der Waals surface area contributed by atoms with Gasteiger partial charge in [-0.1, -0.05) is 24.8 Å². The first-order chi connectivity index (χ1) is 14.6. The number of benzene rings is 1. The van der Waals surface area contributed by atoms with Crippen molar-refractivity contribution in [3.05, 3.63) is 61.1 Å². The molecule has 5 rings (SSSR count). The van der Waals surface area contributed by atoms with E-state index in [2.05, 4.69) is 26.7 Å². The molecule has 30 heavy (non-hydrogen) atoms. The number of amides is 1. The summed E-state index contributed by atoms with van der Waals surface area (Å²) in [7, 11) is 0. The van der Waals surface area contributed by atoms with Crippen LogP contribution < -0.4 is 4.90 Å². The summed E-state index contributed by atoms with van der Waals surface area (Å²) >= 11 is 0. The summed E-state index contributed by atoms with van der Waals surface area (Å²) in [4.78, 5) is 28.1. The van der Waals surface area contributed by atoms with Crippen molar-refractivity contribution in [1.29, 1.82) is 0 Å². The lowest BCUT2D eigenvalue weighted by Gasteiger charge is -2.23. The molecule has 2 atom stereocenters. The molecule has 2 fully saturated rings. The molecule has 0 radical (unpaired) electrons. The maximum absolute atomic E-state index is 13.1. The van der Waals surface area contributed by atoms with Crippen LogP contribution in [0.3, 0.4) is 0 Å². The normalized spacial score (nSPS) is 21.3. The number of para-hydroxylation sites is 2. The molecule has 0 N–H and O–H groups in total. The van der Waals surface area contributed by atoms with Crippen LogP contribution in [0.5, 0.6) is 0 Å². The van der Waals surface area contributed by atoms with E-state index in [1.807, 2.05) is 42.3 Å². The van der Waals surface area contributed by atoms with Gasteiger partial charge in [0, 0.05) is 38.0 Å². The summed E-state index contributed by atoms with van der Waals surface area (Å²) in [6.07, 6.45) is 6.80. The van der Waals surface area contributed by atoms with Crippen molar-refractivity contribution in [3.63, 3.8) is 0 Å². The average Bonchev–Trinajstić information content (AvgIpc) is 3.50. The van der Waals surface area contributed by atoms with Crippen molar-refractivity contribution < 1.29 is 4.79 Å². The van der Waals surface area contributed by atoms with Gasteiger partial charge in [-0.3, -0.25) is 9.78 Å². The van der Waals surface area contributed by atoms with Gasteiger partial charge in [0.2, 0.25) is 0 Å². The minimum Gasteiger partial charge on any atom is -0.355 e. The largest absolute Gasteiger partial charge is 0.355 e. The minimum atomic E-state index is -0.00810. The van der Waals surface area contributed by atoms with Crippen LogP contribution in [-0.4, -0.2) is 61.9 Å². The molecule has 4 heterocycles. The highest BCUT2D eigenvalue weighted by Crippen LogP contribution is 2.34. The third kappa shape index (κ3) is 3.14. The van der Waals surface area contributed by atoms with Crippen LogP contribution in [0, 0.1) is 11.8 Å². The van der Waals surface area contributed by atoms with Crippen LogP contribution in [0.25, 0.3) is 16.7 Å². The zero-order chi connectivity index (χ0) is 20.7. The van der Waals surface area contributed by atoms with Gasteiger partial charge in [0.15, 0.2) is 0 Å². The Labute approximate surface area is 174 Å². The van der Waals surface area contributed by atoms with Crippen molar-refractivity contribution in [2.24, 2.45) is 11.8 Å². The van der Waals surface area contributed by atoms with Crippen molar-refractivity contribution in [1.82, 2.24) is 29.9 Å². The van der Waals surface area contributed by atoms with Crippen LogP contribution >= 0.6 is 0 Å². The van der Waals surface area contributed by atoms with E-state index in [1.165, 1.54) is 4.80 Å². The fourth-order valence-corrected chi connectivity index (χ4v) is 4.49. The molecule has 152 valence electrons. The number of hydrogen-bond acceptors (Lipinski definition) is 6.